The van der Waals surface area contributed by atoms with E-state index in [0.717, 1.165) is 4.88 Å². The van der Waals surface area contributed by atoms with Crippen molar-refractivity contribution >= 4 is 23.3 Å². The number of rotatable bonds is 3. The predicted octanol–water partition coefficient (Wildman–Crippen LogP) is 3.57. The van der Waals surface area contributed by atoms with E-state index in [-0.39, 0.29) is 17.7 Å². The number of likely N-dealkylation sites (tertiary alicyclic amines) is 1. The maximum atomic E-state index is 12.5. The number of piperidine rings is 1. The van der Waals surface area contributed by atoms with E-state index in [1.54, 1.807) is 11.0 Å². The minimum atomic E-state index is -4.63. The molecule has 9 heteroatoms. The molecular weight excluding hydrogens is 343 g/mol. The lowest BCUT2D eigenvalue weighted by molar-refractivity contribution is -0.157. The molecule has 1 aliphatic heterocycles. The molecule has 1 aliphatic rings. The molecule has 5 nitrogen and oxygen atoms in total. The molecule has 24 heavy (non-hydrogen) atoms. The highest BCUT2D eigenvalue weighted by molar-refractivity contribution is 7.10. The zero-order valence-corrected chi connectivity index (χ0v) is 13.3. The molecule has 1 fully saturated rings. The van der Waals surface area contributed by atoms with Crippen LogP contribution in [0.5, 0.6) is 0 Å². The van der Waals surface area contributed by atoms with E-state index < -0.39 is 12.1 Å². The molecule has 2 aromatic rings. The Kier molecular flexibility index (Phi) is 4.70. The highest BCUT2D eigenvalue weighted by atomic mass is 32.1. The van der Waals surface area contributed by atoms with Crippen molar-refractivity contribution in [1.29, 1.82) is 0 Å². The first-order chi connectivity index (χ1) is 11.4. The lowest BCUT2D eigenvalue weighted by Gasteiger charge is -2.29. The van der Waals surface area contributed by atoms with Crippen molar-refractivity contribution in [3.05, 3.63) is 40.2 Å². The zero-order chi connectivity index (χ0) is 17.2. The van der Waals surface area contributed by atoms with Gasteiger partial charge >= 0.3 is 12.1 Å². The van der Waals surface area contributed by atoms with Crippen LogP contribution in [-0.4, -0.2) is 34.1 Å². The molecule has 2 aromatic heterocycles. The molecule has 0 atom stereocenters. The van der Waals surface area contributed by atoms with Gasteiger partial charge in [0.15, 0.2) is 0 Å². The van der Waals surface area contributed by atoms with E-state index in [1.165, 1.54) is 17.4 Å². The molecule has 0 unspecified atom stereocenters. The Morgan fingerprint density at radius 2 is 2.08 bits per heavy atom. The summed E-state index contributed by atoms with van der Waals surface area (Å²) in [5.74, 6) is -1.69. The number of aromatic nitrogens is 2. The van der Waals surface area contributed by atoms with Gasteiger partial charge in [0, 0.05) is 30.0 Å². The second kappa shape index (κ2) is 6.76. The third-order valence-corrected chi connectivity index (χ3v) is 4.61. The van der Waals surface area contributed by atoms with E-state index in [9.17, 15) is 18.0 Å². The largest absolute Gasteiger partial charge is 0.470 e. The number of carbonyl (C=O) groups excluding carboxylic acids is 1. The van der Waals surface area contributed by atoms with Crippen LogP contribution in [0.3, 0.4) is 0 Å². The minimum absolute atomic E-state index is 0.0106. The van der Waals surface area contributed by atoms with Crippen LogP contribution in [0.1, 0.15) is 35.4 Å². The van der Waals surface area contributed by atoms with Crippen LogP contribution >= 0.6 is 11.3 Å². The van der Waals surface area contributed by atoms with Gasteiger partial charge in [-0.2, -0.15) is 13.2 Å². The number of alkyl halides is 3. The molecule has 3 rings (SSSR count). The summed E-state index contributed by atoms with van der Waals surface area (Å²) in [6.07, 6.45) is -0.363. The fourth-order valence-corrected chi connectivity index (χ4v) is 3.12. The van der Waals surface area contributed by atoms with Gasteiger partial charge < -0.3 is 9.32 Å². The number of carbonyl (C=O) groups is 1. The molecule has 0 radical (unpaired) electrons. The van der Waals surface area contributed by atoms with Gasteiger partial charge in [-0.05, 0) is 30.4 Å². The maximum absolute atomic E-state index is 12.5. The Morgan fingerprint density at radius 3 is 2.67 bits per heavy atom. The number of thiophene rings is 1. The number of nitrogens with zero attached hydrogens (tertiary/aromatic N) is 3. The summed E-state index contributed by atoms with van der Waals surface area (Å²) >= 11 is 1.54. The number of hydrogen-bond acceptors (Lipinski definition) is 5. The molecule has 1 saturated heterocycles. The Labute approximate surface area is 139 Å². The summed E-state index contributed by atoms with van der Waals surface area (Å²) in [4.78, 5) is 14.8. The van der Waals surface area contributed by atoms with Crippen molar-refractivity contribution in [3.8, 4) is 0 Å². The fourth-order valence-electron chi connectivity index (χ4n) is 2.51. The average molecular weight is 357 g/mol. The van der Waals surface area contributed by atoms with Crippen LogP contribution in [0.15, 0.2) is 28.0 Å². The second-order valence-corrected chi connectivity index (χ2v) is 6.37. The summed E-state index contributed by atoms with van der Waals surface area (Å²) in [5.41, 5.74) is 0. The third kappa shape index (κ3) is 3.84. The molecule has 1 amide bonds. The first-order valence-electron chi connectivity index (χ1n) is 7.34. The summed E-state index contributed by atoms with van der Waals surface area (Å²) < 4.78 is 42.2. The Hall–Kier alpha value is -2.16. The molecule has 0 spiro atoms. The number of halogens is 3. The van der Waals surface area contributed by atoms with Crippen molar-refractivity contribution in [2.24, 2.45) is 0 Å². The monoisotopic (exact) mass is 357 g/mol. The molecule has 0 saturated carbocycles. The molecule has 0 N–H and O–H groups in total. The van der Waals surface area contributed by atoms with Crippen LogP contribution in [-0.2, 0) is 11.0 Å². The molecule has 0 aliphatic carbocycles. The van der Waals surface area contributed by atoms with Gasteiger partial charge in [0.05, 0.1) is 0 Å². The lowest BCUT2D eigenvalue weighted by Crippen LogP contribution is -2.36. The van der Waals surface area contributed by atoms with Crippen molar-refractivity contribution in [1.82, 2.24) is 15.1 Å². The lowest BCUT2D eigenvalue weighted by atomic mass is 9.97. The normalized spacial score (nSPS) is 16.9. The Balaban J connectivity index is 1.55. The van der Waals surface area contributed by atoms with E-state index in [1.807, 2.05) is 17.5 Å². The van der Waals surface area contributed by atoms with Crippen molar-refractivity contribution < 1.29 is 22.4 Å². The zero-order valence-electron chi connectivity index (χ0n) is 12.5. The quantitative estimate of drug-likeness (QED) is 0.788. The van der Waals surface area contributed by atoms with Crippen molar-refractivity contribution in [2.45, 2.75) is 24.9 Å². The van der Waals surface area contributed by atoms with Crippen LogP contribution in [0.4, 0.5) is 13.2 Å². The smallest absolute Gasteiger partial charge is 0.417 e. The summed E-state index contributed by atoms with van der Waals surface area (Å²) in [6, 6.07) is 3.81. The molecular formula is C15H14F3N3O2S. The highest BCUT2D eigenvalue weighted by Crippen LogP contribution is 2.32. The summed E-state index contributed by atoms with van der Waals surface area (Å²) in [7, 11) is 0. The highest BCUT2D eigenvalue weighted by Gasteiger charge is 2.39. The topological polar surface area (TPSA) is 59.2 Å². The third-order valence-electron chi connectivity index (χ3n) is 3.77. The van der Waals surface area contributed by atoms with Gasteiger partial charge in [0.2, 0.25) is 11.8 Å². The van der Waals surface area contributed by atoms with Crippen molar-refractivity contribution in [3.63, 3.8) is 0 Å². The first kappa shape index (κ1) is 16.7. The van der Waals surface area contributed by atoms with Crippen molar-refractivity contribution in [2.75, 3.05) is 13.1 Å². The van der Waals surface area contributed by atoms with Gasteiger partial charge in [-0.3, -0.25) is 4.79 Å². The Morgan fingerprint density at radius 1 is 1.33 bits per heavy atom. The second-order valence-electron chi connectivity index (χ2n) is 5.39. The van der Waals surface area contributed by atoms with Gasteiger partial charge in [-0.1, -0.05) is 6.07 Å². The van der Waals surface area contributed by atoms with Crippen LogP contribution < -0.4 is 0 Å². The van der Waals surface area contributed by atoms with Crippen LogP contribution in [0, 0.1) is 0 Å². The van der Waals surface area contributed by atoms with Crippen LogP contribution in [0.25, 0.3) is 6.08 Å². The van der Waals surface area contributed by atoms with Crippen LogP contribution in [0.2, 0.25) is 0 Å². The number of hydrogen-bond donors (Lipinski definition) is 0. The molecule has 0 bridgehead atoms. The molecule has 3 heterocycles. The average Bonchev–Trinajstić information content (AvgIpc) is 3.23. The van der Waals surface area contributed by atoms with E-state index in [4.69, 9.17) is 4.42 Å². The minimum Gasteiger partial charge on any atom is -0.417 e. The predicted molar refractivity (Wildman–Crippen MR) is 81.2 cm³/mol. The standard InChI is InChI=1S/C15H14F3N3O2S/c16-15(17,18)14-20-19-13(23-14)10-5-7-21(8-6-10)12(22)4-3-11-2-1-9-24-11/h1-4,9-10H,5-8H2. The van der Waals surface area contributed by atoms with Gasteiger partial charge in [0.1, 0.15) is 0 Å². The molecule has 128 valence electrons. The van der Waals surface area contributed by atoms with Gasteiger partial charge in [-0.25, -0.2) is 0 Å². The van der Waals surface area contributed by atoms with E-state index in [2.05, 4.69) is 10.2 Å². The first-order valence-corrected chi connectivity index (χ1v) is 8.22. The molecule has 0 aromatic carbocycles. The maximum Gasteiger partial charge on any atom is 0.470 e. The fraction of sp³-hybridized carbons (Fsp3) is 0.400. The summed E-state index contributed by atoms with van der Waals surface area (Å²) in [5, 5.41) is 8.46. The van der Waals surface area contributed by atoms with Gasteiger partial charge in [0.25, 0.3) is 0 Å². The SMILES string of the molecule is O=C(C=Cc1cccs1)N1CCC(c2nnc(C(F)(F)F)o2)CC1. The number of amides is 1. The van der Waals surface area contributed by atoms with E-state index in [0.29, 0.717) is 25.9 Å². The van der Waals surface area contributed by atoms with Gasteiger partial charge in [-0.15, -0.1) is 21.5 Å². The summed E-state index contributed by atoms with van der Waals surface area (Å²) in [6.45, 7) is 0.893. The Bertz CT molecular complexity index is 717. The van der Waals surface area contributed by atoms with E-state index >= 15 is 0 Å².